The molecule has 0 aromatic heterocycles. The lowest BCUT2D eigenvalue weighted by Gasteiger charge is -2.19. The van der Waals surface area contributed by atoms with E-state index in [4.69, 9.17) is 0 Å². The van der Waals surface area contributed by atoms with E-state index in [1.807, 2.05) is 0 Å². The Bertz CT molecular complexity index is 520. The van der Waals surface area contributed by atoms with Gasteiger partial charge in [0.15, 0.2) is 0 Å². The molecule has 1 amide bonds. The molecular weight excluding hydrogens is 281 g/mol. The molecule has 0 aliphatic heterocycles. The molecule has 3 nitrogen and oxygen atoms in total. The minimum atomic E-state index is -4.38. The second kappa shape index (κ2) is 6.74. The van der Waals surface area contributed by atoms with Gasteiger partial charge in [0, 0.05) is 5.92 Å². The van der Waals surface area contributed by atoms with Crippen molar-refractivity contribution in [3.63, 3.8) is 0 Å². The van der Waals surface area contributed by atoms with E-state index < -0.39 is 11.7 Å². The van der Waals surface area contributed by atoms with E-state index in [0.717, 1.165) is 44.2 Å². The van der Waals surface area contributed by atoms with Gasteiger partial charge in [0.2, 0.25) is 5.91 Å². The Morgan fingerprint density at radius 2 is 1.95 bits per heavy atom. The highest BCUT2D eigenvalue weighted by atomic mass is 19.4. The van der Waals surface area contributed by atoms with Gasteiger partial charge in [-0.2, -0.15) is 18.3 Å². The van der Waals surface area contributed by atoms with Crippen LogP contribution in [0, 0.1) is 5.92 Å². The molecular formula is C15H17F3N2O. The topological polar surface area (TPSA) is 41.5 Å². The van der Waals surface area contributed by atoms with E-state index in [0.29, 0.717) is 5.56 Å². The minimum Gasteiger partial charge on any atom is -0.273 e. The van der Waals surface area contributed by atoms with Crippen LogP contribution in [0.25, 0.3) is 0 Å². The fraction of sp³-hybridized carbons (Fsp3) is 0.467. The number of nitrogens with one attached hydrogen (secondary N) is 1. The molecule has 0 heterocycles. The first-order valence-electron chi connectivity index (χ1n) is 6.97. The number of halogens is 3. The molecule has 1 aromatic rings. The van der Waals surface area contributed by atoms with E-state index in [-0.39, 0.29) is 11.8 Å². The first-order chi connectivity index (χ1) is 9.97. The maximum atomic E-state index is 12.5. The molecule has 6 heteroatoms. The summed E-state index contributed by atoms with van der Waals surface area (Å²) in [6.45, 7) is 0. The minimum absolute atomic E-state index is 0.0302. The molecule has 1 aliphatic carbocycles. The summed E-state index contributed by atoms with van der Waals surface area (Å²) < 4.78 is 37.6. The van der Waals surface area contributed by atoms with Crippen LogP contribution in [0.15, 0.2) is 29.4 Å². The molecule has 0 spiro atoms. The second-order valence-corrected chi connectivity index (χ2v) is 5.19. The van der Waals surface area contributed by atoms with Gasteiger partial charge in [-0.1, -0.05) is 31.4 Å². The third-order valence-electron chi connectivity index (χ3n) is 3.58. The Morgan fingerprint density at radius 1 is 1.24 bits per heavy atom. The second-order valence-electron chi connectivity index (χ2n) is 5.19. The lowest BCUT2D eigenvalue weighted by Crippen LogP contribution is -2.28. The van der Waals surface area contributed by atoms with Crippen LogP contribution in [0.1, 0.15) is 43.2 Å². The maximum Gasteiger partial charge on any atom is 0.416 e. The SMILES string of the molecule is O=C(NN=Cc1cccc(C(F)(F)F)c1)C1CCCCC1. The normalized spacial score (nSPS) is 17.1. The molecule has 1 saturated carbocycles. The number of carbonyl (C=O) groups excluding carboxylic acids is 1. The number of hydrogen-bond acceptors (Lipinski definition) is 2. The van der Waals surface area contributed by atoms with Crippen molar-refractivity contribution >= 4 is 12.1 Å². The molecule has 1 fully saturated rings. The third-order valence-corrected chi connectivity index (χ3v) is 3.58. The number of amides is 1. The zero-order chi connectivity index (χ0) is 15.3. The molecule has 0 bridgehead atoms. The first-order valence-corrected chi connectivity index (χ1v) is 6.97. The summed E-state index contributed by atoms with van der Waals surface area (Å²) in [6, 6.07) is 4.81. The van der Waals surface area contributed by atoms with Crippen molar-refractivity contribution in [3.8, 4) is 0 Å². The highest BCUT2D eigenvalue weighted by Gasteiger charge is 2.30. The van der Waals surface area contributed by atoms with Gasteiger partial charge in [0.05, 0.1) is 11.8 Å². The van der Waals surface area contributed by atoms with E-state index in [1.54, 1.807) is 0 Å². The molecule has 2 rings (SSSR count). The molecule has 0 saturated heterocycles. The third kappa shape index (κ3) is 4.58. The summed E-state index contributed by atoms with van der Waals surface area (Å²) in [5.41, 5.74) is 1.98. The van der Waals surface area contributed by atoms with E-state index in [9.17, 15) is 18.0 Å². The summed E-state index contributed by atoms with van der Waals surface area (Å²) in [5, 5.41) is 3.75. The summed E-state index contributed by atoms with van der Waals surface area (Å²) in [4.78, 5) is 11.8. The van der Waals surface area contributed by atoms with Crippen molar-refractivity contribution in [1.82, 2.24) is 5.43 Å². The van der Waals surface area contributed by atoms with Crippen LogP contribution < -0.4 is 5.43 Å². The van der Waals surface area contributed by atoms with Gasteiger partial charge in [-0.25, -0.2) is 5.43 Å². The highest BCUT2D eigenvalue weighted by Crippen LogP contribution is 2.29. The van der Waals surface area contributed by atoms with Gasteiger partial charge in [0.25, 0.3) is 0 Å². The lowest BCUT2D eigenvalue weighted by atomic mass is 9.89. The zero-order valence-electron chi connectivity index (χ0n) is 11.5. The quantitative estimate of drug-likeness (QED) is 0.670. The average Bonchev–Trinajstić information content (AvgIpc) is 2.47. The van der Waals surface area contributed by atoms with Crippen LogP contribution in [0.3, 0.4) is 0 Å². The number of benzene rings is 1. The predicted octanol–water partition coefficient (Wildman–Crippen LogP) is 3.74. The van der Waals surface area contributed by atoms with Gasteiger partial charge in [-0.3, -0.25) is 4.79 Å². The van der Waals surface area contributed by atoms with E-state index in [2.05, 4.69) is 10.5 Å². The lowest BCUT2D eigenvalue weighted by molar-refractivity contribution is -0.137. The van der Waals surface area contributed by atoms with Crippen molar-refractivity contribution < 1.29 is 18.0 Å². The molecule has 1 N–H and O–H groups in total. The summed E-state index contributed by atoms with van der Waals surface area (Å²) >= 11 is 0. The van der Waals surface area contributed by atoms with Gasteiger partial charge >= 0.3 is 6.18 Å². The van der Waals surface area contributed by atoms with Crippen molar-refractivity contribution in [3.05, 3.63) is 35.4 Å². The predicted molar refractivity (Wildman–Crippen MR) is 73.8 cm³/mol. The number of carbonyl (C=O) groups is 1. The standard InChI is InChI=1S/C15H17F3N2O/c16-15(17,18)13-8-4-5-11(9-13)10-19-20-14(21)12-6-2-1-3-7-12/h4-5,8-10,12H,1-3,6-7H2,(H,20,21). The fourth-order valence-corrected chi connectivity index (χ4v) is 2.42. The highest BCUT2D eigenvalue weighted by molar-refractivity contribution is 5.83. The van der Waals surface area contributed by atoms with Gasteiger partial charge in [0.1, 0.15) is 0 Å². The number of rotatable bonds is 3. The Hall–Kier alpha value is -1.85. The Balaban J connectivity index is 1.93. The molecule has 114 valence electrons. The van der Waals surface area contributed by atoms with Crippen LogP contribution in [-0.2, 0) is 11.0 Å². The first kappa shape index (κ1) is 15.5. The largest absolute Gasteiger partial charge is 0.416 e. The molecule has 0 unspecified atom stereocenters. The number of alkyl halides is 3. The van der Waals surface area contributed by atoms with E-state index in [1.165, 1.54) is 18.3 Å². The summed E-state index contributed by atoms with van der Waals surface area (Å²) in [7, 11) is 0. The number of nitrogens with zero attached hydrogens (tertiary/aromatic N) is 1. The molecule has 0 radical (unpaired) electrons. The average molecular weight is 298 g/mol. The van der Waals surface area contributed by atoms with Gasteiger partial charge < -0.3 is 0 Å². The van der Waals surface area contributed by atoms with Crippen molar-refractivity contribution in [2.45, 2.75) is 38.3 Å². The molecule has 1 aliphatic rings. The van der Waals surface area contributed by atoms with Crippen LogP contribution in [-0.4, -0.2) is 12.1 Å². The monoisotopic (exact) mass is 298 g/mol. The number of hydrazone groups is 1. The molecule has 0 atom stereocenters. The van der Waals surface area contributed by atoms with Crippen molar-refractivity contribution in [2.75, 3.05) is 0 Å². The smallest absolute Gasteiger partial charge is 0.273 e. The molecule has 1 aromatic carbocycles. The Labute approximate surface area is 121 Å². The van der Waals surface area contributed by atoms with Gasteiger partial charge in [-0.05, 0) is 30.5 Å². The Kier molecular flexibility index (Phi) is 4.98. The van der Waals surface area contributed by atoms with Gasteiger partial charge in [-0.15, -0.1) is 0 Å². The molecule has 21 heavy (non-hydrogen) atoms. The van der Waals surface area contributed by atoms with Crippen molar-refractivity contribution in [1.29, 1.82) is 0 Å². The van der Waals surface area contributed by atoms with Crippen molar-refractivity contribution in [2.24, 2.45) is 11.0 Å². The maximum absolute atomic E-state index is 12.5. The van der Waals surface area contributed by atoms with Crippen LogP contribution >= 0.6 is 0 Å². The van der Waals surface area contributed by atoms with Crippen LogP contribution in [0.2, 0.25) is 0 Å². The van der Waals surface area contributed by atoms with Crippen LogP contribution in [0.4, 0.5) is 13.2 Å². The fourth-order valence-electron chi connectivity index (χ4n) is 2.42. The number of hydrogen-bond donors (Lipinski definition) is 1. The Morgan fingerprint density at radius 3 is 2.62 bits per heavy atom. The summed E-state index contributed by atoms with van der Waals surface area (Å²) in [5.74, 6) is -0.185. The van der Waals surface area contributed by atoms with E-state index >= 15 is 0 Å². The zero-order valence-corrected chi connectivity index (χ0v) is 11.5. The van der Waals surface area contributed by atoms with Crippen LogP contribution in [0.5, 0.6) is 0 Å². The summed E-state index contributed by atoms with van der Waals surface area (Å²) in [6.07, 6.45) is 1.78.